The van der Waals surface area contributed by atoms with Gasteiger partial charge in [-0.15, -0.1) is 0 Å². The molecule has 0 saturated heterocycles. The average molecular weight is 442 g/mol. The molecule has 0 atom stereocenters. The molecular weight excluding hydrogens is 425 g/mol. The van der Waals surface area contributed by atoms with E-state index < -0.39 is 29.5 Å². The van der Waals surface area contributed by atoms with Gasteiger partial charge in [0.15, 0.2) is 0 Å². The summed E-state index contributed by atoms with van der Waals surface area (Å²) >= 11 is 0. The second kappa shape index (κ2) is 8.93. The molecule has 0 aliphatic rings. The number of nitrogens with two attached hydrogens (primary N) is 1. The van der Waals surface area contributed by atoms with Crippen LogP contribution in [0.5, 0.6) is 0 Å². The molecule has 6 nitrogen and oxygen atoms in total. The summed E-state index contributed by atoms with van der Waals surface area (Å²) in [6.07, 6.45) is -4.49. The highest BCUT2D eigenvalue weighted by atomic mass is 19.4. The summed E-state index contributed by atoms with van der Waals surface area (Å²) < 4.78 is 42.9. The first-order chi connectivity index (χ1) is 15.1. The summed E-state index contributed by atoms with van der Waals surface area (Å²) in [5, 5.41) is 2.50. The fourth-order valence-corrected chi connectivity index (χ4v) is 2.93. The Bertz CT molecular complexity index is 1170. The van der Waals surface area contributed by atoms with Crippen LogP contribution < -0.4 is 11.1 Å². The van der Waals surface area contributed by atoms with Gasteiger partial charge < -0.3 is 15.8 Å². The maximum absolute atomic E-state index is 12.7. The first-order valence-corrected chi connectivity index (χ1v) is 9.21. The lowest BCUT2D eigenvalue weighted by molar-refractivity contribution is -0.137. The molecular formula is C23H17F3N2O4. The lowest BCUT2D eigenvalue weighted by atomic mass is 9.98. The van der Waals surface area contributed by atoms with E-state index in [1.165, 1.54) is 37.4 Å². The Hall–Kier alpha value is -4.14. The molecule has 2 amide bonds. The van der Waals surface area contributed by atoms with Crippen molar-refractivity contribution >= 4 is 23.5 Å². The number of halogens is 3. The second-order valence-electron chi connectivity index (χ2n) is 6.76. The highest BCUT2D eigenvalue weighted by Gasteiger charge is 2.30. The van der Waals surface area contributed by atoms with E-state index in [1.54, 1.807) is 12.1 Å². The van der Waals surface area contributed by atoms with Gasteiger partial charge in [-0.3, -0.25) is 9.59 Å². The summed E-state index contributed by atoms with van der Waals surface area (Å²) in [5.41, 5.74) is 6.11. The van der Waals surface area contributed by atoms with Gasteiger partial charge in [-0.05, 0) is 65.7 Å². The normalized spacial score (nSPS) is 11.0. The Morgan fingerprint density at radius 1 is 0.812 bits per heavy atom. The second-order valence-corrected chi connectivity index (χ2v) is 6.76. The standard InChI is InChI=1S/C23H17F3N2O4/c1-32-22(31)17-11-15(13-2-4-14(5-3-13)20(27)29)10-16(12-17)21(30)28-19-8-6-18(7-9-19)23(24,25)26/h2-12H,1H3,(H2,27,29)(H,28,30). The SMILES string of the molecule is COC(=O)c1cc(C(=O)Nc2ccc(C(F)(F)F)cc2)cc(-c2ccc(C(N)=O)cc2)c1. The van der Waals surface area contributed by atoms with Crippen LogP contribution in [-0.2, 0) is 10.9 Å². The number of carbonyl (C=O) groups excluding carboxylic acids is 3. The maximum atomic E-state index is 12.7. The molecule has 0 spiro atoms. The van der Waals surface area contributed by atoms with Crippen molar-refractivity contribution in [3.63, 3.8) is 0 Å². The number of methoxy groups -OCH3 is 1. The molecule has 9 heteroatoms. The van der Waals surface area contributed by atoms with Gasteiger partial charge in [0, 0.05) is 16.8 Å². The van der Waals surface area contributed by atoms with Crippen molar-refractivity contribution in [2.75, 3.05) is 12.4 Å². The number of anilines is 1. The number of alkyl halides is 3. The number of benzene rings is 3. The van der Waals surface area contributed by atoms with Gasteiger partial charge in [0.2, 0.25) is 5.91 Å². The summed E-state index contributed by atoms with van der Waals surface area (Å²) in [6, 6.07) is 14.5. The molecule has 3 aromatic carbocycles. The average Bonchev–Trinajstić information content (AvgIpc) is 2.78. The predicted molar refractivity (Wildman–Crippen MR) is 111 cm³/mol. The van der Waals surface area contributed by atoms with Gasteiger partial charge in [-0.1, -0.05) is 12.1 Å². The minimum atomic E-state index is -4.49. The first kappa shape index (κ1) is 22.5. The van der Waals surface area contributed by atoms with Crippen molar-refractivity contribution < 1.29 is 32.3 Å². The molecule has 0 fully saturated rings. The van der Waals surface area contributed by atoms with Crippen molar-refractivity contribution in [1.29, 1.82) is 0 Å². The van der Waals surface area contributed by atoms with E-state index in [9.17, 15) is 27.6 Å². The van der Waals surface area contributed by atoms with Crippen LogP contribution in [0.25, 0.3) is 11.1 Å². The van der Waals surface area contributed by atoms with E-state index in [-0.39, 0.29) is 22.4 Å². The van der Waals surface area contributed by atoms with Crippen molar-refractivity contribution in [2.45, 2.75) is 6.18 Å². The minimum Gasteiger partial charge on any atom is -0.465 e. The number of carbonyl (C=O) groups is 3. The van der Waals surface area contributed by atoms with Crippen LogP contribution in [0.3, 0.4) is 0 Å². The molecule has 0 unspecified atom stereocenters. The Morgan fingerprint density at radius 2 is 1.41 bits per heavy atom. The van der Waals surface area contributed by atoms with Crippen LogP contribution >= 0.6 is 0 Å². The van der Waals surface area contributed by atoms with Crippen LogP contribution in [0.2, 0.25) is 0 Å². The highest BCUT2D eigenvalue weighted by Crippen LogP contribution is 2.30. The zero-order valence-electron chi connectivity index (χ0n) is 16.7. The lowest BCUT2D eigenvalue weighted by Crippen LogP contribution is -2.14. The third kappa shape index (κ3) is 5.12. The number of primary amides is 1. The molecule has 0 heterocycles. The summed E-state index contributed by atoms with van der Waals surface area (Å²) in [7, 11) is 1.19. The van der Waals surface area contributed by atoms with Gasteiger partial charge in [-0.25, -0.2) is 4.79 Å². The fraction of sp³-hybridized carbons (Fsp3) is 0.0870. The number of nitrogens with one attached hydrogen (secondary N) is 1. The molecule has 3 rings (SSSR count). The molecule has 0 aromatic heterocycles. The molecule has 32 heavy (non-hydrogen) atoms. The zero-order chi connectivity index (χ0) is 23.5. The fourth-order valence-electron chi connectivity index (χ4n) is 2.93. The van der Waals surface area contributed by atoms with E-state index >= 15 is 0 Å². The highest BCUT2D eigenvalue weighted by molar-refractivity contribution is 6.06. The molecule has 0 aliphatic heterocycles. The smallest absolute Gasteiger partial charge is 0.416 e. The van der Waals surface area contributed by atoms with Gasteiger partial charge >= 0.3 is 12.1 Å². The molecule has 0 radical (unpaired) electrons. The van der Waals surface area contributed by atoms with E-state index in [0.717, 1.165) is 24.3 Å². The molecule has 164 valence electrons. The topological polar surface area (TPSA) is 98.5 Å². The van der Waals surface area contributed by atoms with Crippen LogP contribution in [0.4, 0.5) is 18.9 Å². The summed E-state index contributed by atoms with van der Waals surface area (Å²) in [6.45, 7) is 0. The third-order valence-electron chi connectivity index (χ3n) is 4.59. The summed E-state index contributed by atoms with van der Waals surface area (Å²) in [5.74, 6) is -1.91. The Labute approximate surface area is 180 Å². The van der Waals surface area contributed by atoms with Crippen LogP contribution in [0, 0.1) is 0 Å². The van der Waals surface area contributed by atoms with Crippen LogP contribution in [0.1, 0.15) is 36.6 Å². The Kier molecular flexibility index (Phi) is 6.29. The molecule has 0 aliphatic carbocycles. The molecule has 3 aromatic rings. The number of ether oxygens (including phenoxy) is 1. The van der Waals surface area contributed by atoms with Gasteiger partial charge in [-0.2, -0.15) is 13.2 Å². The molecule has 3 N–H and O–H groups in total. The van der Waals surface area contributed by atoms with Crippen LogP contribution in [0.15, 0.2) is 66.7 Å². The Balaban J connectivity index is 1.94. The van der Waals surface area contributed by atoms with Gasteiger partial charge in [0.25, 0.3) is 5.91 Å². The molecule has 0 bridgehead atoms. The van der Waals surface area contributed by atoms with E-state index in [1.807, 2.05) is 0 Å². The molecule has 0 saturated carbocycles. The number of rotatable bonds is 5. The minimum absolute atomic E-state index is 0.0850. The zero-order valence-corrected chi connectivity index (χ0v) is 16.7. The number of esters is 1. The van der Waals surface area contributed by atoms with Crippen molar-refractivity contribution in [3.05, 3.63) is 89.0 Å². The third-order valence-corrected chi connectivity index (χ3v) is 4.59. The predicted octanol–water partition coefficient (Wildman–Crippen LogP) is 4.51. The number of hydrogen-bond donors (Lipinski definition) is 2. The van der Waals surface area contributed by atoms with E-state index in [2.05, 4.69) is 5.32 Å². The van der Waals surface area contributed by atoms with Crippen LogP contribution in [-0.4, -0.2) is 24.9 Å². The summed E-state index contributed by atoms with van der Waals surface area (Å²) in [4.78, 5) is 36.1. The van der Waals surface area contributed by atoms with Crippen molar-refractivity contribution in [2.24, 2.45) is 5.73 Å². The van der Waals surface area contributed by atoms with E-state index in [0.29, 0.717) is 11.1 Å². The van der Waals surface area contributed by atoms with E-state index in [4.69, 9.17) is 10.5 Å². The van der Waals surface area contributed by atoms with Crippen molar-refractivity contribution in [1.82, 2.24) is 0 Å². The van der Waals surface area contributed by atoms with Gasteiger partial charge in [0.05, 0.1) is 18.2 Å². The number of hydrogen-bond acceptors (Lipinski definition) is 4. The largest absolute Gasteiger partial charge is 0.465 e. The Morgan fingerprint density at radius 3 is 1.94 bits per heavy atom. The number of amides is 2. The lowest BCUT2D eigenvalue weighted by Gasteiger charge is -2.11. The van der Waals surface area contributed by atoms with Gasteiger partial charge in [0.1, 0.15) is 0 Å². The first-order valence-electron chi connectivity index (χ1n) is 9.21. The maximum Gasteiger partial charge on any atom is 0.416 e. The monoisotopic (exact) mass is 442 g/mol. The quantitative estimate of drug-likeness (QED) is 0.568. The van der Waals surface area contributed by atoms with Crippen molar-refractivity contribution in [3.8, 4) is 11.1 Å².